The number of ether oxygens (including phenoxy) is 2. The zero-order valence-electron chi connectivity index (χ0n) is 24.5. The third-order valence-electron chi connectivity index (χ3n) is 8.67. The van der Waals surface area contributed by atoms with Gasteiger partial charge < -0.3 is 25.4 Å². The third kappa shape index (κ3) is 7.30. The van der Waals surface area contributed by atoms with Crippen LogP contribution in [-0.4, -0.2) is 67.5 Å². The lowest BCUT2D eigenvalue weighted by Crippen LogP contribution is -2.55. The first-order valence-electron chi connectivity index (χ1n) is 14.9. The predicted octanol–water partition coefficient (Wildman–Crippen LogP) is 4.48. The lowest BCUT2D eigenvalue weighted by Gasteiger charge is -2.42. The molecule has 2 amide bonds. The van der Waals surface area contributed by atoms with E-state index in [1.807, 2.05) is 54.6 Å². The van der Waals surface area contributed by atoms with Crippen LogP contribution in [0, 0.1) is 0 Å². The normalized spacial score (nSPS) is 17.8. The number of para-hydroxylation sites is 2. The van der Waals surface area contributed by atoms with Gasteiger partial charge in [-0.2, -0.15) is 0 Å². The summed E-state index contributed by atoms with van der Waals surface area (Å²) in [5.74, 6) is 2.02. The van der Waals surface area contributed by atoms with Gasteiger partial charge in [0, 0.05) is 38.6 Å². The Hall–Kier alpha value is -3.88. The number of carbonyl (C=O) groups excluding carboxylic acids is 2. The number of hydrogen-bond acceptors (Lipinski definition) is 6. The van der Waals surface area contributed by atoms with E-state index in [1.165, 1.54) is 5.56 Å². The quantitative estimate of drug-likeness (QED) is 0.353. The van der Waals surface area contributed by atoms with Gasteiger partial charge in [0.05, 0.1) is 12.5 Å². The van der Waals surface area contributed by atoms with Crippen molar-refractivity contribution in [2.75, 3.05) is 39.8 Å². The fourth-order valence-corrected chi connectivity index (χ4v) is 6.19. The van der Waals surface area contributed by atoms with E-state index in [-0.39, 0.29) is 17.9 Å². The van der Waals surface area contributed by atoms with Crippen molar-refractivity contribution in [2.24, 2.45) is 5.73 Å². The standard InChI is InChI=1S/C34H42N4O4/c1-41-30-12-5-6-13-31(30)42-29-11-7-8-26(24-29)25-38-19-14-28(15-20-38)36-33(40)34(27-9-3-2-4-10-27)17-22-37(23-18-34)21-16-32(35)39/h2-13,24,28H,14-23,25H2,1H3,(H2,35,39)(H,36,40). The van der Waals surface area contributed by atoms with Gasteiger partial charge in [-0.3, -0.25) is 14.5 Å². The number of nitrogens with zero attached hydrogens (tertiary/aromatic N) is 2. The minimum absolute atomic E-state index is 0.128. The number of piperidine rings is 2. The van der Waals surface area contributed by atoms with Crippen LogP contribution in [-0.2, 0) is 21.5 Å². The van der Waals surface area contributed by atoms with E-state index in [0.29, 0.717) is 24.5 Å². The highest BCUT2D eigenvalue weighted by Gasteiger charge is 2.43. The molecule has 0 saturated carbocycles. The minimum Gasteiger partial charge on any atom is -0.493 e. The van der Waals surface area contributed by atoms with E-state index >= 15 is 0 Å². The molecule has 8 heteroatoms. The van der Waals surface area contributed by atoms with Crippen LogP contribution in [0.5, 0.6) is 17.2 Å². The van der Waals surface area contributed by atoms with E-state index in [2.05, 4.69) is 39.4 Å². The Morgan fingerprint density at radius 1 is 0.881 bits per heavy atom. The van der Waals surface area contributed by atoms with Crippen molar-refractivity contribution in [1.29, 1.82) is 0 Å². The largest absolute Gasteiger partial charge is 0.493 e. The fourth-order valence-electron chi connectivity index (χ4n) is 6.19. The molecule has 3 aromatic rings. The van der Waals surface area contributed by atoms with Gasteiger partial charge >= 0.3 is 0 Å². The summed E-state index contributed by atoms with van der Waals surface area (Å²) >= 11 is 0. The summed E-state index contributed by atoms with van der Waals surface area (Å²) in [7, 11) is 1.64. The maximum absolute atomic E-state index is 13.9. The molecule has 0 aliphatic carbocycles. The third-order valence-corrected chi connectivity index (χ3v) is 8.67. The Labute approximate surface area is 248 Å². The summed E-state index contributed by atoms with van der Waals surface area (Å²) in [6.07, 6.45) is 3.64. The molecule has 222 valence electrons. The highest BCUT2D eigenvalue weighted by molar-refractivity contribution is 5.88. The number of benzene rings is 3. The Kier molecular flexibility index (Phi) is 9.77. The second-order valence-electron chi connectivity index (χ2n) is 11.4. The van der Waals surface area contributed by atoms with Crippen LogP contribution in [0.2, 0.25) is 0 Å². The topological polar surface area (TPSA) is 97.1 Å². The number of primary amides is 1. The van der Waals surface area contributed by atoms with Crippen molar-refractivity contribution in [3.63, 3.8) is 0 Å². The predicted molar refractivity (Wildman–Crippen MR) is 164 cm³/mol. The Balaban J connectivity index is 1.16. The molecule has 42 heavy (non-hydrogen) atoms. The van der Waals surface area contributed by atoms with E-state index in [4.69, 9.17) is 15.2 Å². The molecule has 2 aliphatic heterocycles. The molecule has 0 radical (unpaired) electrons. The lowest BCUT2D eigenvalue weighted by atomic mass is 9.71. The SMILES string of the molecule is COc1ccccc1Oc1cccc(CN2CCC(NC(=O)C3(c4ccccc4)CCN(CCC(N)=O)CC3)CC2)c1. The highest BCUT2D eigenvalue weighted by atomic mass is 16.5. The summed E-state index contributed by atoms with van der Waals surface area (Å²) < 4.78 is 11.5. The van der Waals surface area contributed by atoms with Crippen LogP contribution in [0.1, 0.15) is 43.2 Å². The van der Waals surface area contributed by atoms with Crippen molar-refractivity contribution < 1.29 is 19.1 Å². The van der Waals surface area contributed by atoms with Crippen LogP contribution in [0.3, 0.4) is 0 Å². The van der Waals surface area contributed by atoms with Gasteiger partial charge in [-0.05, 0) is 74.2 Å². The monoisotopic (exact) mass is 570 g/mol. The van der Waals surface area contributed by atoms with Gasteiger partial charge in [-0.1, -0.05) is 54.6 Å². The van der Waals surface area contributed by atoms with Crippen LogP contribution in [0.4, 0.5) is 0 Å². The molecule has 0 unspecified atom stereocenters. The molecule has 0 spiro atoms. The Morgan fingerprint density at radius 2 is 1.57 bits per heavy atom. The average Bonchev–Trinajstić information content (AvgIpc) is 3.02. The van der Waals surface area contributed by atoms with E-state index in [0.717, 1.165) is 69.7 Å². The summed E-state index contributed by atoms with van der Waals surface area (Å²) in [6.45, 7) is 4.86. The molecule has 2 saturated heterocycles. The highest BCUT2D eigenvalue weighted by Crippen LogP contribution is 2.37. The molecule has 2 fully saturated rings. The smallest absolute Gasteiger partial charge is 0.230 e. The minimum atomic E-state index is -0.552. The van der Waals surface area contributed by atoms with Crippen molar-refractivity contribution in [1.82, 2.24) is 15.1 Å². The fraction of sp³-hybridized carbons (Fsp3) is 0.412. The van der Waals surface area contributed by atoms with Crippen LogP contribution in [0.25, 0.3) is 0 Å². The first kappa shape index (κ1) is 29.6. The molecular weight excluding hydrogens is 528 g/mol. The average molecular weight is 571 g/mol. The first-order valence-corrected chi connectivity index (χ1v) is 14.9. The van der Waals surface area contributed by atoms with Crippen molar-refractivity contribution >= 4 is 11.8 Å². The van der Waals surface area contributed by atoms with Crippen molar-refractivity contribution in [2.45, 2.75) is 50.1 Å². The zero-order valence-corrected chi connectivity index (χ0v) is 24.5. The molecule has 5 rings (SSSR count). The molecule has 3 aromatic carbocycles. The van der Waals surface area contributed by atoms with Gasteiger partial charge in [0.1, 0.15) is 5.75 Å². The maximum atomic E-state index is 13.9. The van der Waals surface area contributed by atoms with Gasteiger partial charge in [-0.25, -0.2) is 0 Å². The first-order chi connectivity index (χ1) is 20.4. The number of nitrogens with two attached hydrogens (primary N) is 1. The van der Waals surface area contributed by atoms with E-state index < -0.39 is 5.41 Å². The Morgan fingerprint density at radius 3 is 2.26 bits per heavy atom. The second-order valence-corrected chi connectivity index (χ2v) is 11.4. The molecule has 3 N–H and O–H groups in total. The summed E-state index contributed by atoms with van der Waals surface area (Å²) in [5.41, 5.74) is 7.07. The van der Waals surface area contributed by atoms with Crippen LogP contribution < -0.4 is 20.5 Å². The molecule has 8 nitrogen and oxygen atoms in total. The van der Waals surface area contributed by atoms with E-state index in [1.54, 1.807) is 7.11 Å². The number of nitrogens with one attached hydrogen (secondary N) is 1. The molecule has 2 aliphatic rings. The number of amides is 2. The van der Waals surface area contributed by atoms with Crippen LogP contribution in [0.15, 0.2) is 78.9 Å². The number of likely N-dealkylation sites (tertiary alicyclic amines) is 2. The van der Waals surface area contributed by atoms with Gasteiger partial charge in [0.25, 0.3) is 0 Å². The number of methoxy groups -OCH3 is 1. The second kappa shape index (κ2) is 13.9. The molecule has 0 bridgehead atoms. The van der Waals surface area contributed by atoms with Crippen molar-refractivity contribution in [3.8, 4) is 17.2 Å². The molecule has 0 aromatic heterocycles. The van der Waals surface area contributed by atoms with Crippen molar-refractivity contribution in [3.05, 3.63) is 90.0 Å². The Bertz CT molecular complexity index is 1330. The molecular formula is C34H42N4O4. The molecule has 0 atom stereocenters. The maximum Gasteiger partial charge on any atom is 0.230 e. The van der Waals surface area contributed by atoms with E-state index in [9.17, 15) is 9.59 Å². The number of hydrogen-bond donors (Lipinski definition) is 2. The summed E-state index contributed by atoms with van der Waals surface area (Å²) in [4.78, 5) is 29.9. The van der Waals surface area contributed by atoms with Crippen LogP contribution >= 0.6 is 0 Å². The van der Waals surface area contributed by atoms with Gasteiger partial charge in [0.15, 0.2) is 11.5 Å². The summed E-state index contributed by atoms with van der Waals surface area (Å²) in [6, 6.07) is 26.2. The van der Waals surface area contributed by atoms with Gasteiger partial charge in [-0.15, -0.1) is 0 Å². The lowest BCUT2D eigenvalue weighted by molar-refractivity contribution is -0.130. The molecule has 2 heterocycles. The zero-order chi connectivity index (χ0) is 29.4. The summed E-state index contributed by atoms with van der Waals surface area (Å²) in [5, 5.41) is 3.43. The number of carbonyl (C=O) groups is 2. The van der Waals surface area contributed by atoms with Gasteiger partial charge in [0.2, 0.25) is 11.8 Å². The number of rotatable bonds is 11.